The topological polar surface area (TPSA) is 80.5 Å². The van der Waals surface area contributed by atoms with Crippen molar-refractivity contribution in [3.63, 3.8) is 0 Å². The highest BCUT2D eigenvalue weighted by atomic mass is 16.5. The van der Waals surface area contributed by atoms with Crippen molar-refractivity contribution in [1.82, 2.24) is 9.88 Å². The number of piperidine rings is 1. The van der Waals surface area contributed by atoms with Crippen LogP contribution in [0.15, 0.2) is 18.2 Å². The van der Waals surface area contributed by atoms with E-state index in [1.807, 2.05) is 4.90 Å². The highest BCUT2D eigenvalue weighted by molar-refractivity contribution is 5.92. The lowest BCUT2D eigenvalue weighted by atomic mass is 10.1. The lowest BCUT2D eigenvalue weighted by Crippen LogP contribution is -2.43. The minimum absolute atomic E-state index is 0.0631. The molecular weight excluding hydrogens is 256 g/mol. The molecule has 0 saturated carbocycles. The maximum Gasteiger partial charge on any atom is 0.272 e. The minimum Gasteiger partial charge on any atom is -0.376 e. The van der Waals surface area contributed by atoms with E-state index >= 15 is 0 Å². The van der Waals surface area contributed by atoms with Crippen LogP contribution in [-0.4, -0.2) is 41.6 Å². The number of amides is 1. The van der Waals surface area contributed by atoms with Crippen LogP contribution in [0.25, 0.3) is 0 Å². The first-order valence-electron chi connectivity index (χ1n) is 7.09. The number of carbonyl (C=O) groups excluding carboxylic acids is 1. The number of nitrogens with zero attached hydrogens (tertiary/aromatic N) is 2. The van der Waals surface area contributed by atoms with Gasteiger partial charge in [0.2, 0.25) is 0 Å². The van der Waals surface area contributed by atoms with Crippen LogP contribution in [0.4, 0.5) is 5.82 Å². The normalized spacial score (nSPS) is 18.9. The molecule has 1 saturated heterocycles. The molecule has 3 N–H and O–H groups in total. The number of nitrogens with two attached hydrogens (primary N) is 1. The number of nitrogens with one attached hydrogen (secondary N) is 1. The molecule has 0 aromatic carbocycles. The van der Waals surface area contributed by atoms with Gasteiger partial charge in [0.1, 0.15) is 11.5 Å². The molecule has 1 aromatic heterocycles. The first-order valence-corrected chi connectivity index (χ1v) is 7.09. The molecule has 2 rings (SSSR count). The number of rotatable bonds is 5. The smallest absolute Gasteiger partial charge is 0.272 e. The van der Waals surface area contributed by atoms with Crippen molar-refractivity contribution < 1.29 is 9.53 Å². The van der Waals surface area contributed by atoms with Crippen LogP contribution < -0.4 is 11.3 Å². The first-order chi connectivity index (χ1) is 9.74. The fraction of sp³-hybridized carbons (Fsp3) is 0.571. The van der Waals surface area contributed by atoms with Gasteiger partial charge in [-0.1, -0.05) is 13.0 Å². The molecule has 0 spiro atoms. The molecule has 1 fully saturated rings. The second-order valence-corrected chi connectivity index (χ2v) is 4.94. The van der Waals surface area contributed by atoms with Gasteiger partial charge in [-0.05, 0) is 31.4 Å². The molecule has 0 aliphatic carbocycles. The number of likely N-dealkylation sites (tertiary alicyclic amines) is 1. The van der Waals surface area contributed by atoms with Crippen LogP contribution in [0.2, 0.25) is 0 Å². The highest BCUT2D eigenvalue weighted by Crippen LogP contribution is 2.16. The van der Waals surface area contributed by atoms with Crippen LogP contribution in [0, 0.1) is 0 Å². The van der Waals surface area contributed by atoms with E-state index in [1.54, 1.807) is 18.2 Å². The Labute approximate surface area is 119 Å². The average molecular weight is 278 g/mol. The van der Waals surface area contributed by atoms with E-state index in [0.29, 0.717) is 18.1 Å². The molecule has 1 aromatic rings. The summed E-state index contributed by atoms with van der Waals surface area (Å²) >= 11 is 0. The summed E-state index contributed by atoms with van der Waals surface area (Å²) in [5, 5.41) is 0. The average Bonchev–Trinajstić information content (AvgIpc) is 2.52. The van der Waals surface area contributed by atoms with Crippen molar-refractivity contribution in [3.05, 3.63) is 23.9 Å². The van der Waals surface area contributed by atoms with Gasteiger partial charge < -0.3 is 15.1 Å². The molecule has 1 aliphatic heterocycles. The predicted octanol–water partition coefficient (Wildman–Crippen LogP) is 1.40. The number of hydrogen-bond donors (Lipinski definition) is 2. The number of hydrazine groups is 1. The van der Waals surface area contributed by atoms with Gasteiger partial charge in [-0.3, -0.25) is 4.79 Å². The zero-order chi connectivity index (χ0) is 14.4. The third-order valence-corrected chi connectivity index (χ3v) is 3.34. The standard InChI is InChI=1S/C14H22N4O2/c1-2-9-20-11-5-4-8-18(10-11)14(19)12-6-3-7-13(16-12)17-15/h3,6-7,11H,2,4-5,8-10,15H2,1H3,(H,16,17). The van der Waals surface area contributed by atoms with E-state index < -0.39 is 0 Å². The van der Waals surface area contributed by atoms with Crippen molar-refractivity contribution in [1.29, 1.82) is 0 Å². The Kier molecular flexibility index (Phi) is 5.31. The Morgan fingerprint density at radius 3 is 3.20 bits per heavy atom. The van der Waals surface area contributed by atoms with E-state index in [2.05, 4.69) is 17.3 Å². The maximum atomic E-state index is 12.4. The van der Waals surface area contributed by atoms with Gasteiger partial charge >= 0.3 is 0 Å². The number of aromatic nitrogens is 1. The Hall–Kier alpha value is -1.66. The molecule has 1 amide bonds. The lowest BCUT2D eigenvalue weighted by Gasteiger charge is -2.32. The van der Waals surface area contributed by atoms with Gasteiger partial charge in [-0.25, -0.2) is 10.8 Å². The Bertz CT molecular complexity index is 453. The summed E-state index contributed by atoms with van der Waals surface area (Å²) in [5.41, 5.74) is 2.87. The zero-order valence-electron chi connectivity index (χ0n) is 11.8. The molecular formula is C14H22N4O2. The summed E-state index contributed by atoms with van der Waals surface area (Å²) in [6.07, 6.45) is 3.12. The molecule has 2 heterocycles. The predicted molar refractivity (Wildman–Crippen MR) is 77.2 cm³/mol. The number of ether oxygens (including phenoxy) is 1. The van der Waals surface area contributed by atoms with Crippen LogP contribution in [0.5, 0.6) is 0 Å². The van der Waals surface area contributed by atoms with Crippen molar-refractivity contribution in [2.24, 2.45) is 5.84 Å². The van der Waals surface area contributed by atoms with Crippen LogP contribution in [-0.2, 0) is 4.74 Å². The lowest BCUT2D eigenvalue weighted by molar-refractivity contribution is 0.00193. The summed E-state index contributed by atoms with van der Waals surface area (Å²) in [5.74, 6) is 5.75. The molecule has 110 valence electrons. The van der Waals surface area contributed by atoms with Gasteiger partial charge in [0.15, 0.2) is 0 Å². The second-order valence-electron chi connectivity index (χ2n) is 4.94. The summed E-state index contributed by atoms with van der Waals surface area (Å²) in [6, 6.07) is 5.20. The number of nitrogen functional groups attached to an aromatic ring is 1. The summed E-state index contributed by atoms with van der Waals surface area (Å²) in [7, 11) is 0. The molecule has 6 nitrogen and oxygen atoms in total. The molecule has 0 bridgehead atoms. The van der Waals surface area contributed by atoms with Crippen molar-refractivity contribution >= 4 is 11.7 Å². The van der Waals surface area contributed by atoms with E-state index in [4.69, 9.17) is 10.6 Å². The molecule has 1 unspecified atom stereocenters. The Morgan fingerprint density at radius 2 is 2.45 bits per heavy atom. The minimum atomic E-state index is -0.0631. The van der Waals surface area contributed by atoms with Crippen LogP contribution >= 0.6 is 0 Å². The van der Waals surface area contributed by atoms with E-state index in [1.165, 1.54) is 0 Å². The van der Waals surface area contributed by atoms with E-state index in [-0.39, 0.29) is 12.0 Å². The van der Waals surface area contributed by atoms with E-state index in [9.17, 15) is 4.79 Å². The fourth-order valence-electron chi connectivity index (χ4n) is 2.34. The molecule has 0 radical (unpaired) electrons. The first kappa shape index (κ1) is 14.7. The number of carbonyl (C=O) groups is 1. The van der Waals surface area contributed by atoms with Gasteiger partial charge in [0.05, 0.1) is 6.10 Å². The van der Waals surface area contributed by atoms with Gasteiger partial charge in [0.25, 0.3) is 5.91 Å². The fourth-order valence-corrected chi connectivity index (χ4v) is 2.34. The Morgan fingerprint density at radius 1 is 1.60 bits per heavy atom. The number of anilines is 1. The highest BCUT2D eigenvalue weighted by Gasteiger charge is 2.25. The quantitative estimate of drug-likeness (QED) is 0.628. The summed E-state index contributed by atoms with van der Waals surface area (Å²) < 4.78 is 5.75. The molecule has 20 heavy (non-hydrogen) atoms. The monoisotopic (exact) mass is 278 g/mol. The number of pyridine rings is 1. The van der Waals surface area contributed by atoms with Crippen molar-refractivity contribution in [3.8, 4) is 0 Å². The molecule has 1 atom stereocenters. The molecule has 6 heteroatoms. The largest absolute Gasteiger partial charge is 0.376 e. The molecule has 1 aliphatic rings. The zero-order valence-corrected chi connectivity index (χ0v) is 11.8. The van der Waals surface area contributed by atoms with E-state index in [0.717, 1.165) is 32.4 Å². The SMILES string of the molecule is CCCOC1CCCN(C(=O)c2cccc(NN)n2)C1. The summed E-state index contributed by atoms with van der Waals surface area (Å²) in [4.78, 5) is 18.4. The van der Waals surface area contributed by atoms with Crippen molar-refractivity contribution in [2.75, 3.05) is 25.1 Å². The van der Waals surface area contributed by atoms with Gasteiger partial charge in [-0.2, -0.15) is 0 Å². The van der Waals surface area contributed by atoms with Crippen LogP contribution in [0.3, 0.4) is 0 Å². The third-order valence-electron chi connectivity index (χ3n) is 3.34. The second kappa shape index (κ2) is 7.21. The third kappa shape index (κ3) is 3.68. The van der Waals surface area contributed by atoms with Crippen molar-refractivity contribution in [2.45, 2.75) is 32.3 Å². The van der Waals surface area contributed by atoms with Gasteiger partial charge in [-0.15, -0.1) is 0 Å². The summed E-state index contributed by atoms with van der Waals surface area (Å²) in [6.45, 7) is 4.23. The Balaban J connectivity index is 2.00. The maximum absolute atomic E-state index is 12.4. The van der Waals surface area contributed by atoms with Crippen LogP contribution in [0.1, 0.15) is 36.7 Å². The van der Waals surface area contributed by atoms with Gasteiger partial charge in [0, 0.05) is 19.7 Å². The number of hydrogen-bond acceptors (Lipinski definition) is 5.